The molecule has 3 aromatic rings. The van der Waals surface area contributed by atoms with Crippen molar-refractivity contribution in [1.29, 1.82) is 0 Å². The fourth-order valence-corrected chi connectivity index (χ4v) is 3.03. The van der Waals surface area contributed by atoms with Crippen LogP contribution in [0.5, 0.6) is 0 Å². The monoisotopic (exact) mass is 425 g/mol. The molecule has 0 atom stereocenters. The van der Waals surface area contributed by atoms with E-state index in [4.69, 9.17) is 4.42 Å². The molecule has 2 aromatic carbocycles. The largest absolute Gasteiger partial charge is 0.459 e. The molecule has 8 nitrogen and oxygen atoms in total. The van der Waals surface area contributed by atoms with E-state index in [0.717, 1.165) is 11.8 Å². The summed E-state index contributed by atoms with van der Waals surface area (Å²) in [6, 6.07) is 16.4. The first-order valence-corrected chi connectivity index (χ1v) is 10.7. The van der Waals surface area contributed by atoms with Crippen LogP contribution >= 0.6 is 0 Å². The van der Waals surface area contributed by atoms with E-state index in [1.54, 1.807) is 66.7 Å². The second kappa shape index (κ2) is 9.10. The van der Waals surface area contributed by atoms with E-state index < -0.39 is 10.0 Å². The quantitative estimate of drug-likeness (QED) is 0.501. The maximum Gasteiger partial charge on any atom is 0.291 e. The number of carbonyl (C=O) groups excluding carboxylic acids is 2. The number of carbonyl (C=O) groups is 2. The van der Waals surface area contributed by atoms with Gasteiger partial charge in [0.15, 0.2) is 5.76 Å². The minimum absolute atomic E-state index is 0.206. The number of nitrogens with one attached hydrogen (secondary N) is 3. The van der Waals surface area contributed by atoms with Crippen LogP contribution in [0.25, 0.3) is 6.08 Å². The van der Waals surface area contributed by atoms with Crippen LogP contribution in [0.2, 0.25) is 0 Å². The molecule has 0 saturated heterocycles. The lowest BCUT2D eigenvalue weighted by molar-refractivity contribution is -0.111. The second-order valence-electron chi connectivity index (χ2n) is 6.33. The van der Waals surface area contributed by atoms with E-state index >= 15 is 0 Å². The molecule has 0 spiro atoms. The van der Waals surface area contributed by atoms with Crippen molar-refractivity contribution in [2.24, 2.45) is 0 Å². The maximum absolute atomic E-state index is 12.1. The summed E-state index contributed by atoms with van der Waals surface area (Å²) in [4.78, 5) is 24.0. The zero-order chi connectivity index (χ0) is 21.6. The molecule has 154 valence electrons. The normalized spacial score (nSPS) is 11.2. The maximum atomic E-state index is 12.1. The molecule has 30 heavy (non-hydrogen) atoms. The van der Waals surface area contributed by atoms with Crippen molar-refractivity contribution < 1.29 is 22.4 Å². The Bertz CT molecular complexity index is 1150. The summed E-state index contributed by atoms with van der Waals surface area (Å²) < 4.78 is 29.8. The Morgan fingerprint density at radius 1 is 0.867 bits per heavy atom. The molecule has 0 saturated carbocycles. The highest BCUT2D eigenvalue weighted by molar-refractivity contribution is 7.92. The Morgan fingerprint density at radius 2 is 1.47 bits per heavy atom. The zero-order valence-corrected chi connectivity index (χ0v) is 16.8. The van der Waals surface area contributed by atoms with Crippen molar-refractivity contribution >= 4 is 45.0 Å². The van der Waals surface area contributed by atoms with Crippen LogP contribution < -0.4 is 15.4 Å². The predicted molar refractivity (Wildman–Crippen MR) is 116 cm³/mol. The lowest BCUT2D eigenvalue weighted by atomic mass is 10.2. The van der Waals surface area contributed by atoms with Crippen molar-refractivity contribution in [2.45, 2.75) is 0 Å². The third-order valence-electron chi connectivity index (χ3n) is 3.80. The van der Waals surface area contributed by atoms with E-state index in [1.807, 2.05) is 0 Å². The summed E-state index contributed by atoms with van der Waals surface area (Å²) in [5.74, 6) is -0.490. The SMILES string of the molecule is CS(=O)(=O)Nc1ccc(/C=C/C(=O)Nc2ccc(NC(=O)c3ccco3)cc2)cc1. The number of sulfonamides is 1. The van der Waals surface area contributed by atoms with Gasteiger partial charge in [0.1, 0.15) is 0 Å². The average Bonchev–Trinajstić information content (AvgIpc) is 3.23. The summed E-state index contributed by atoms with van der Waals surface area (Å²) in [5.41, 5.74) is 2.31. The van der Waals surface area contributed by atoms with E-state index in [1.165, 1.54) is 12.3 Å². The zero-order valence-electron chi connectivity index (χ0n) is 16.0. The van der Waals surface area contributed by atoms with Crippen molar-refractivity contribution in [3.05, 3.63) is 84.3 Å². The number of anilines is 3. The number of furan rings is 1. The molecule has 3 rings (SSSR count). The summed E-state index contributed by atoms with van der Waals surface area (Å²) in [7, 11) is -3.33. The number of benzene rings is 2. The number of amides is 2. The highest BCUT2D eigenvalue weighted by Crippen LogP contribution is 2.16. The molecular formula is C21H19N3O5S. The molecule has 0 aliphatic rings. The fourth-order valence-electron chi connectivity index (χ4n) is 2.47. The van der Waals surface area contributed by atoms with Crippen molar-refractivity contribution in [1.82, 2.24) is 0 Å². The molecule has 1 heterocycles. The van der Waals surface area contributed by atoms with Gasteiger partial charge in [-0.3, -0.25) is 14.3 Å². The van der Waals surface area contributed by atoms with Crippen LogP contribution in [-0.2, 0) is 14.8 Å². The molecule has 1 aromatic heterocycles. The van der Waals surface area contributed by atoms with Gasteiger partial charge >= 0.3 is 0 Å². The lowest BCUT2D eigenvalue weighted by Gasteiger charge is -2.06. The molecule has 2 amide bonds. The Labute approximate surface area is 173 Å². The van der Waals surface area contributed by atoms with Crippen LogP contribution in [0.15, 0.2) is 77.4 Å². The van der Waals surface area contributed by atoms with E-state index in [2.05, 4.69) is 15.4 Å². The van der Waals surface area contributed by atoms with Gasteiger partial charge in [-0.15, -0.1) is 0 Å². The summed E-state index contributed by atoms with van der Waals surface area (Å²) >= 11 is 0. The summed E-state index contributed by atoms with van der Waals surface area (Å²) in [6.07, 6.45) is 5.47. The standard InChI is InChI=1S/C21H19N3O5S/c1-30(27,28)24-18-7-4-15(5-8-18)6-13-20(25)22-16-9-11-17(12-10-16)23-21(26)19-3-2-14-29-19/h2-14,24H,1H3,(H,22,25)(H,23,26)/b13-6+. The third-order valence-corrected chi connectivity index (χ3v) is 4.40. The molecule has 9 heteroatoms. The summed E-state index contributed by atoms with van der Waals surface area (Å²) in [5, 5.41) is 5.40. The van der Waals surface area contributed by atoms with Crippen LogP contribution in [0.3, 0.4) is 0 Å². The minimum Gasteiger partial charge on any atom is -0.459 e. The highest BCUT2D eigenvalue weighted by atomic mass is 32.2. The molecule has 0 unspecified atom stereocenters. The molecule has 3 N–H and O–H groups in total. The van der Waals surface area contributed by atoms with Crippen LogP contribution in [-0.4, -0.2) is 26.5 Å². The molecule has 0 bridgehead atoms. The van der Waals surface area contributed by atoms with E-state index in [0.29, 0.717) is 17.1 Å². The number of rotatable bonds is 7. The fraction of sp³-hybridized carbons (Fsp3) is 0.0476. The van der Waals surface area contributed by atoms with Gasteiger partial charge in [0.05, 0.1) is 12.5 Å². The Balaban J connectivity index is 1.53. The van der Waals surface area contributed by atoms with Gasteiger partial charge in [-0.05, 0) is 60.2 Å². The van der Waals surface area contributed by atoms with Gasteiger partial charge in [0.25, 0.3) is 5.91 Å². The van der Waals surface area contributed by atoms with Gasteiger partial charge < -0.3 is 15.1 Å². The predicted octanol–water partition coefficient (Wildman–Crippen LogP) is 3.56. The van der Waals surface area contributed by atoms with Crippen molar-refractivity contribution in [3.63, 3.8) is 0 Å². The lowest BCUT2D eigenvalue weighted by Crippen LogP contribution is -2.11. The molecule has 0 fully saturated rings. The van der Waals surface area contributed by atoms with Crippen LogP contribution in [0, 0.1) is 0 Å². The Kier molecular flexibility index (Phi) is 6.33. The van der Waals surface area contributed by atoms with Gasteiger partial charge in [-0.2, -0.15) is 0 Å². The van der Waals surface area contributed by atoms with Crippen LogP contribution in [0.4, 0.5) is 17.1 Å². The van der Waals surface area contributed by atoms with Gasteiger partial charge in [0, 0.05) is 23.1 Å². The smallest absolute Gasteiger partial charge is 0.291 e. The van der Waals surface area contributed by atoms with Crippen molar-refractivity contribution in [2.75, 3.05) is 21.6 Å². The topological polar surface area (TPSA) is 118 Å². The van der Waals surface area contributed by atoms with Crippen LogP contribution in [0.1, 0.15) is 16.1 Å². The average molecular weight is 425 g/mol. The Hall–Kier alpha value is -3.85. The molecule has 0 aliphatic carbocycles. The first kappa shape index (κ1) is 20.9. The molecular weight excluding hydrogens is 406 g/mol. The minimum atomic E-state index is -3.33. The van der Waals surface area contributed by atoms with Gasteiger partial charge in [0.2, 0.25) is 15.9 Å². The first-order valence-electron chi connectivity index (χ1n) is 8.80. The summed E-state index contributed by atoms with van der Waals surface area (Å²) in [6.45, 7) is 0. The second-order valence-corrected chi connectivity index (χ2v) is 8.08. The first-order chi connectivity index (χ1) is 14.3. The van der Waals surface area contributed by atoms with Gasteiger partial charge in [-0.25, -0.2) is 8.42 Å². The highest BCUT2D eigenvalue weighted by Gasteiger charge is 2.08. The Morgan fingerprint density at radius 3 is 2.03 bits per heavy atom. The molecule has 0 aliphatic heterocycles. The molecule has 0 radical (unpaired) electrons. The van der Waals surface area contributed by atoms with E-state index in [-0.39, 0.29) is 17.6 Å². The van der Waals surface area contributed by atoms with E-state index in [9.17, 15) is 18.0 Å². The third kappa shape index (κ3) is 6.35. The van der Waals surface area contributed by atoms with Crippen molar-refractivity contribution in [3.8, 4) is 0 Å². The number of hydrogen-bond donors (Lipinski definition) is 3. The van der Waals surface area contributed by atoms with Gasteiger partial charge in [-0.1, -0.05) is 12.1 Å². The number of hydrogen-bond acceptors (Lipinski definition) is 5.